The highest BCUT2D eigenvalue weighted by Gasteiger charge is 2.24. The number of benzene rings is 11. The number of furan rings is 1. The maximum absolute atomic E-state index is 6.92. The molecule has 0 N–H and O–H groups in total. The highest BCUT2D eigenvalue weighted by atomic mass is 16.3. The van der Waals surface area contributed by atoms with Crippen LogP contribution in [0.3, 0.4) is 0 Å². The van der Waals surface area contributed by atoms with Crippen molar-refractivity contribution in [2.45, 2.75) is 78.6 Å². The molecule has 0 aliphatic rings. The molecule has 0 unspecified atom stereocenters. The van der Waals surface area contributed by atoms with Crippen molar-refractivity contribution in [3.05, 3.63) is 253 Å². The Bertz CT molecular complexity index is 4120. The first-order chi connectivity index (χ1) is 37.0. The van der Waals surface area contributed by atoms with Crippen molar-refractivity contribution in [1.29, 1.82) is 0 Å². The van der Waals surface area contributed by atoms with E-state index in [0.717, 1.165) is 88.7 Å². The summed E-state index contributed by atoms with van der Waals surface area (Å²) in [5.41, 5.74) is 19.4. The summed E-state index contributed by atoms with van der Waals surface area (Å²) in [6.45, 7) is 20.4. The zero-order valence-corrected chi connectivity index (χ0v) is 45.8. The number of fused-ring (bicyclic) bond motifs is 5. The van der Waals surface area contributed by atoms with Crippen molar-refractivity contribution in [2.75, 3.05) is 9.80 Å². The van der Waals surface area contributed by atoms with Crippen LogP contribution >= 0.6 is 0 Å². The average molecular weight is 999 g/mol. The van der Waals surface area contributed by atoms with Crippen LogP contribution in [0.25, 0.3) is 76.9 Å². The molecule has 0 saturated heterocycles. The molecule has 12 aromatic rings. The summed E-state index contributed by atoms with van der Waals surface area (Å²) in [6, 6.07) is 87.2. The predicted molar refractivity (Wildman–Crippen MR) is 331 cm³/mol. The zero-order chi connectivity index (χ0) is 53.2. The van der Waals surface area contributed by atoms with E-state index in [-0.39, 0.29) is 16.2 Å². The molecule has 1 heterocycles. The van der Waals surface area contributed by atoms with Gasteiger partial charge in [-0.3, -0.25) is 0 Å². The summed E-state index contributed by atoms with van der Waals surface area (Å²) in [7, 11) is 0. The molecule has 0 aliphatic carbocycles. The number of hydrogen-bond acceptors (Lipinski definition) is 3. The number of rotatable bonds is 9. The average Bonchev–Trinajstić information content (AvgIpc) is 3.84. The Morgan fingerprint density at radius 1 is 0.273 bits per heavy atom. The van der Waals surface area contributed by atoms with Crippen LogP contribution in [0.2, 0.25) is 0 Å². The van der Waals surface area contributed by atoms with Gasteiger partial charge in [0.15, 0.2) is 0 Å². The Hall–Kier alpha value is -8.66. The van der Waals surface area contributed by atoms with Gasteiger partial charge in [0.1, 0.15) is 11.2 Å². The summed E-state index contributed by atoms with van der Waals surface area (Å²) in [5.74, 6) is 0. The largest absolute Gasteiger partial charge is 0.456 e. The monoisotopic (exact) mass is 999 g/mol. The minimum absolute atomic E-state index is 0.0339. The summed E-state index contributed by atoms with van der Waals surface area (Å²) in [4.78, 5) is 4.85. The molecular weight excluding hydrogens is 933 g/mol. The molecule has 0 fully saturated rings. The smallest absolute Gasteiger partial charge is 0.136 e. The van der Waals surface area contributed by atoms with Gasteiger partial charge in [-0.2, -0.15) is 0 Å². The first-order valence-electron chi connectivity index (χ1n) is 27.1. The second-order valence-electron chi connectivity index (χ2n) is 23.9. The molecule has 1 aromatic heterocycles. The van der Waals surface area contributed by atoms with E-state index < -0.39 is 0 Å². The Kier molecular flexibility index (Phi) is 12.3. The molecule has 77 heavy (non-hydrogen) atoms. The fourth-order valence-electron chi connectivity index (χ4n) is 11.1. The van der Waals surface area contributed by atoms with Crippen LogP contribution in [0.1, 0.15) is 79.0 Å². The van der Waals surface area contributed by atoms with Crippen LogP contribution in [0.15, 0.2) is 241 Å². The number of nitrogens with zero attached hydrogens (tertiary/aromatic N) is 2. The highest BCUT2D eigenvalue weighted by molar-refractivity contribution is 6.14. The van der Waals surface area contributed by atoms with Crippen LogP contribution in [0.4, 0.5) is 34.1 Å². The van der Waals surface area contributed by atoms with E-state index in [4.69, 9.17) is 4.42 Å². The SMILES string of the molecule is CC(C)(C)c1ccc(-c2ccccc2N(c2ccc(C(C)(C)C)cc2)c2ccc3cc4c(cc3c2)oc2cc3cc(N(c5ccccc5-c5ccccc5)c5ccccc5-c5ccc(C(C)(C)C)cc5)ccc3cc24)cc1. The van der Waals surface area contributed by atoms with Crippen molar-refractivity contribution < 1.29 is 4.42 Å². The van der Waals surface area contributed by atoms with Gasteiger partial charge in [0.25, 0.3) is 0 Å². The molecule has 12 rings (SSSR count). The molecule has 3 nitrogen and oxygen atoms in total. The van der Waals surface area contributed by atoms with Gasteiger partial charge >= 0.3 is 0 Å². The minimum atomic E-state index is 0.0339. The lowest BCUT2D eigenvalue weighted by Crippen LogP contribution is -2.14. The molecule has 0 spiro atoms. The number of anilines is 6. The van der Waals surface area contributed by atoms with Crippen LogP contribution in [-0.2, 0) is 16.2 Å². The fraction of sp³-hybridized carbons (Fsp3) is 0.162. The second kappa shape index (κ2) is 19.2. The van der Waals surface area contributed by atoms with Gasteiger partial charge in [-0.05, 0) is 150 Å². The van der Waals surface area contributed by atoms with Gasteiger partial charge in [0, 0.05) is 44.5 Å². The first-order valence-corrected chi connectivity index (χ1v) is 27.1. The third-order valence-corrected chi connectivity index (χ3v) is 15.5. The van der Waals surface area contributed by atoms with E-state index in [0.29, 0.717) is 0 Å². The summed E-state index contributed by atoms with van der Waals surface area (Å²) < 4.78 is 6.92. The van der Waals surface area contributed by atoms with E-state index in [9.17, 15) is 0 Å². The van der Waals surface area contributed by atoms with Crippen LogP contribution in [0, 0.1) is 0 Å². The van der Waals surface area contributed by atoms with Crippen molar-refractivity contribution in [2.24, 2.45) is 0 Å². The van der Waals surface area contributed by atoms with Gasteiger partial charge in [-0.15, -0.1) is 0 Å². The molecule has 0 saturated carbocycles. The van der Waals surface area contributed by atoms with Crippen molar-refractivity contribution in [3.8, 4) is 33.4 Å². The minimum Gasteiger partial charge on any atom is -0.456 e. The summed E-state index contributed by atoms with van der Waals surface area (Å²) in [6.07, 6.45) is 0. The molecule has 0 radical (unpaired) electrons. The molecule has 0 bridgehead atoms. The van der Waals surface area contributed by atoms with Crippen LogP contribution in [-0.4, -0.2) is 0 Å². The zero-order valence-electron chi connectivity index (χ0n) is 45.8. The van der Waals surface area contributed by atoms with E-state index in [1.54, 1.807) is 0 Å². The number of para-hydroxylation sites is 3. The standard InChI is InChI=1S/C74H66N2O/c1-72(2,3)56-33-27-50(28-34-56)63-22-13-16-24-67(63)75(59-41-37-58(38-42-59)74(7,8)9)60-39-31-52-45-65-66-46-53-32-40-61(44-55(53)48-71(66)77-70(65)47-54(52)43-60)76(68-25-17-14-21-62(68)49-19-11-10-12-20-49)69-26-18-15-23-64(69)51-29-35-57(36-30-51)73(4,5)6/h10-48H,1-9H3. The van der Waals surface area contributed by atoms with Gasteiger partial charge in [-0.25, -0.2) is 0 Å². The van der Waals surface area contributed by atoms with Crippen molar-refractivity contribution in [1.82, 2.24) is 0 Å². The van der Waals surface area contributed by atoms with Crippen molar-refractivity contribution in [3.63, 3.8) is 0 Å². The molecular formula is C74H66N2O. The predicted octanol–water partition coefficient (Wildman–Crippen LogP) is 21.7. The lowest BCUT2D eigenvalue weighted by Gasteiger charge is -2.30. The van der Waals surface area contributed by atoms with E-state index >= 15 is 0 Å². The van der Waals surface area contributed by atoms with E-state index in [1.165, 1.54) is 38.9 Å². The van der Waals surface area contributed by atoms with Gasteiger partial charge in [0.05, 0.1) is 17.1 Å². The topological polar surface area (TPSA) is 19.6 Å². The highest BCUT2D eigenvalue weighted by Crippen LogP contribution is 2.47. The maximum atomic E-state index is 6.92. The molecule has 378 valence electrons. The molecule has 3 heteroatoms. The Labute approximate surface area is 454 Å². The Morgan fingerprint density at radius 3 is 1.03 bits per heavy atom. The molecule has 0 atom stereocenters. The quantitative estimate of drug-likeness (QED) is 0.144. The number of hydrogen-bond donors (Lipinski definition) is 0. The molecule has 0 amide bonds. The van der Waals surface area contributed by atoms with E-state index in [1.807, 2.05) is 0 Å². The summed E-state index contributed by atoms with van der Waals surface area (Å²) in [5, 5.41) is 6.75. The van der Waals surface area contributed by atoms with Gasteiger partial charge in [0.2, 0.25) is 0 Å². The molecule has 11 aromatic carbocycles. The van der Waals surface area contributed by atoms with Crippen LogP contribution in [0.5, 0.6) is 0 Å². The molecule has 0 aliphatic heterocycles. The third-order valence-electron chi connectivity index (χ3n) is 15.5. The Balaban J connectivity index is 0.975. The van der Waals surface area contributed by atoms with Crippen LogP contribution < -0.4 is 9.80 Å². The normalized spacial score (nSPS) is 12.2. The summed E-state index contributed by atoms with van der Waals surface area (Å²) >= 11 is 0. The maximum Gasteiger partial charge on any atom is 0.136 e. The second-order valence-corrected chi connectivity index (χ2v) is 23.9. The first kappa shape index (κ1) is 49.2. The van der Waals surface area contributed by atoms with Crippen molar-refractivity contribution >= 4 is 77.6 Å². The lowest BCUT2D eigenvalue weighted by molar-refractivity contribution is 0.590. The fourth-order valence-corrected chi connectivity index (χ4v) is 11.1. The third kappa shape index (κ3) is 9.46. The Morgan fingerprint density at radius 2 is 0.610 bits per heavy atom. The lowest BCUT2D eigenvalue weighted by atomic mass is 9.86. The van der Waals surface area contributed by atoms with E-state index in [2.05, 4.69) is 309 Å². The van der Waals surface area contributed by atoms with Gasteiger partial charge < -0.3 is 14.2 Å². The van der Waals surface area contributed by atoms with Gasteiger partial charge in [-0.1, -0.05) is 220 Å².